The molecule has 44 heavy (non-hydrogen) atoms. The lowest BCUT2D eigenvalue weighted by molar-refractivity contribution is -0.138. The van der Waals surface area contributed by atoms with Crippen LogP contribution in [0.15, 0.2) is 61.3 Å². The number of carbonyl (C=O) groups excluding carboxylic acids is 1. The van der Waals surface area contributed by atoms with E-state index in [4.69, 9.17) is 10.00 Å². The van der Waals surface area contributed by atoms with Gasteiger partial charge >= 0.3 is 6.18 Å². The number of nitriles is 1. The molecule has 0 saturated carbocycles. The molecule has 4 aromatic heterocycles. The van der Waals surface area contributed by atoms with Crippen molar-refractivity contribution in [3.8, 4) is 17.3 Å². The number of aromatic nitrogens is 6. The van der Waals surface area contributed by atoms with Crippen molar-refractivity contribution >= 4 is 34.3 Å². The van der Waals surface area contributed by atoms with Gasteiger partial charge in [0.2, 0.25) is 0 Å². The van der Waals surface area contributed by atoms with Gasteiger partial charge in [-0.2, -0.15) is 18.4 Å². The number of carbonyl (C=O) groups is 1. The third-order valence-corrected chi connectivity index (χ3v) is 7.18. The van der Waals surface area contributed by atoms with E-state index < -0.39 is 23.3 Å². The summed E-state index contributed by atoms with van der Waals surface area (Å²) in [6, 6.07) is 11.7. The number of hydrogen-bond acceptors (Lipinski definition) is 9. The van der Waals surface area contributed by atoms with E-state index in [9.17, 15) is 18.0 Å². The molecule has 0 bridgehead atoms. The highest BCUT2D eigenvalue weighted by atomic mass is 19.4. The van der Waals surface area contributed by atoms with Gasteiger partial charge in [0, 0.05) is 29.7 Å². The van der Waals surface area contributed by atoms with Gasteiger partial charge in [-0.25, -0.2) is 24.9 Å². The van der Waals surface area contributed by atoms with Gasteiger partial charge in [0.05, 0.1) is 11.9 Å². The lowest BCUT2D eigenvalue weighted by Gasteiger charge is -2.23. The Morgan fingerprint density at radius 1 is 1.11 bits per heavy atom. The Bertz CT molecular complexity index is 1910. The molecule has 1 saturated heterocycles. The van der Waals surface area contributed by atoms with Gasteiger partial charge < -0.3 is 15.4 Å². The van der Waals surface area contributed by atoms with Crippen LogP contribution in [0.25, 0.3) is 22.4 Å². The molecule has 222 valence electrons. The predicted molar refractivity (Wildman–Crippen MR) is 154 cm³/mol. The highest BCUT2D eigenvalue weighted by molar-refractivity contribution is 6.03. The number of fused-ring (bicyclic) bond motifs is 1. The minimum absolute atomic E-state index is 0.145. The van der Waals surface area contributed by atoms with Crippen molar-refractivity contribution in [1.82, 2.24) is 29.5 Å². The summed E-state index contributed by atoms with van der Waals surface area (Å²) < 4.78 is 47.3. The third-order valence-electron chi connectivity index (χ3n) is 7.18. The van der Waals surface area contributed by atoms with Gasteiger partial charge in [-0.1, -0.05) is 6.07 Å². The molecule has 11 nitrogen and oxygen atoms in total. The van der Waals surface area contributed by atoms with E-state index in [0.29, 0.717) is 52.3 Å². The molecule has 1 aromatic carbocycles. The number of nitrogens with one attached hydrogen (secondary N) is 2. The molecule has 0 radical (unpaired) electrons. The number of imidazole rings is 1. The van der Waals surface area contributed by atoms with Gasteiger partial charge in [-0.15, -0.1) is 0 Å². The Balaban J connectivity index is 1.28. The zero-order valence-electron chi connectivity index (χ0n) is 23.3. The van der Waals surface area contributed by atoms with Crippen molar-refractivity contribution in [3.63, 3.8) is 0 Å². The minimum atomic E-state index is -4.77. The summed E-state index contributed by atoms with van der Waals surface area (Å²) in [6.07, 6.45) is 2.84. The van der Waals surface area contributed by atoms with Crippen LogP contribution in [0.3, 0.4) is 0 Å². The van der Waals surface area contributed by atoms with E-state index in [2.05, 4.69) is 35.6 Å². The molecule has 14 heteroatoms. The molecule has 1 unspecified atom stereocenters. The number of aryl methyl sites for hydroxylation is 1. The molecule has 1 fully saturated rings. The number of amides is 1. The molecule has 0 spiro atoms. The van der Waals surface area contributed by atoms with E-state index in [0.717, 1.165) is 30.9 Å². The van der Waals surface area contributed by atoms with Gasteiger partial charge in [0.25, 0.3) is 5.91 Å². The summed E-state index contributed by atoms with van der Waals surface area (Å²) in [5.74, 6) is -0.296. The Hall–Kier alpha value is -5.42. The maximum Gasteiger partial charge on any atom is 0.419 e. The van der Waals surface area contributed by atoms with Crippen LogP contribution in [0.5, 0.6) is 0 Å². The lowest BCUT2D eigenvalue weighted by atomic mass is 10.1. The minimum Gasteiger partial charge on any atom is -0.358 e. The van der Waals surface area contributed by atoms with Crippen molar-refractivity contribution in [2.24, 2.45) is 0 Å². The number of pyridine rings is 2. The van der Waals surface area contributed by atoms with E-state index in [1.807, 2.05) is 17.6 Å². The largest absolute Gasteiger partial charge is 0.419 e. The molecule has 1 aliphatic rings. The molecule has 5 aromatic rings. The van der Waals surface area contributed by atoms with Crippen LogP contribution in [0.2, 0.25) is 0 Å². The van der Waals surface area contributed by atoms with E-state index in [1.54, 1.807) is 36.8 Å². The average molecular weight is 600 g/mol. The van der Waals surface area contributed by atoms with Gasteiger partial charge in [-0.3, -0.25) is 9.36 Å². The fourth-order valence-electron chi connectivity index (χ4n) is 4.96. The smallest absolute Gasteiger partial charge is 0.358 e. The average Bonchev–Trinajstić information content (AvgIpc) is 3.47. The second-order valence-corrected chi connectivity index (χ2v) is 10.1. The predicted octanol–water partition coefficient (Wildman–Crippen LogP) is 6.18. The molecular formula is C30H24F3N9O2. The third kappa shape index (κ3) is 5.64. The highest BCUT2D eigenvalue weighted by Gasteiger charge is 2.35. The van der Waals surface area contributed by atoms with Crippen molar-refractivity contribution in [2.45, 2.75) is 38.6 Å². The summed E-state index contributed by atoms with van der Waals surface area (Å²) in [5, 5.41) is 15.1. The van der Waals surface area contributed by atoms with Gasteiger partial charge in [0.15, 0.2) is 11.3 Å². The first-order valence-electron chi connectivity index (χ1n) is 13.6. The zero-order valence-corrected chi connectivity index (χ0v) is 23.3. The molecular weight excluding hydrogens is 575 g/mol. The quantitative estimate of drug-likeness (QED) is 0.234. The first kappa shape index (κ1) is 28.7. The number of ether oxygens (including phenoxy) is 1. The molecule has 5 heterocycles. The maximum absolute atomic E-state index is 13.1. The number of nitrogens with zero attached hydrogens (tertiary/aromatic N) is 7. The van der Waals surface area contributed by atoms with E-state index in [-0.39, 0.29) is 11.9 Å². The number of alkyl halides is 3. The Morgan fingerprint density at radius 2 is 1.98 bits per heavy atom. The van der Waals surface area contributed by atoms with Crippen LogP contribution in [0.4, 0.5) is 30.4 Å². The fourth-order valence-corrected chi connectivity index (χ4v) is 4.96. The first-order valence-corrected chi connectivity index (χ1v) is 13.6. The van der Waals surface area contributed by atoms with Gasteiger partial charge in [0.1, 0.15) is 41.3 Å². The van der Waals surface area contributed by atoms with Crippen LogP contribution < -0.4 is 10.6 Å². The number of benzene rings is 1. The molecule has 0 aliphatic carbocycles. The summed E-state index contributed by atoms with van der Waals surface area (Å²) in [6.45, 7) is 2.54. The standard InChI is InChI=1S/C30H24F3N9O2/c1-17-7-8-18(39-29(43)21-10-9-20(30(31,32)33)23(14-34)40-21)13-22(17)41-27-19(5-4-11-35-27)25-26-28(37-15-36-25)42(16-38-26)24-6-2-3-12-44-24/h4-5,7-11,13,15-16,24H,2-3,6,12H2,1H3,(H,35,41)(H,39,43). The van der Waals surface area contributed by atoms with Gasteiger partial charge in [-0.05, 0) is 68.1 Å². The Kier molecular flexibility index (Phi) is 7.62. The first-order chi connectivity index (χ1) is 21.2. The number of hydrogen-bond donors (Lipinski definition) is 2. The fraction of sp³-hybridized carbons (Fsp3) is 0.233. The van der Waals surface area contributed by atoms with Crippen LogP contribution >= 0.6 is 0 Å². The molecule has 1 aliphatic heterocycles. The molecule has 1 atom stereocenters. The molecule has 2 N–H and O–H groups in total. The Morgan fingerprint density at radius 3 is 2.75 bits per heavy atom. The van der Waals surface area contributed by atoms with Crippen LogP contribution in [0, 0.1) is 18.3 Å². The van der Waals surface area contributed by atoms with Crippen LogP contribution in [-0.2, 0) is 10.9 Å². The highest BCUT2D eigenvalue weighted by Crippen LogP contribution is 2.35. The number of rotatable bonds is 6. The summed E-state index contributed by atoms with van der Waals surface area (Å²) >= 11 is 0. The second kappa shape index (κ2) is 11.7. The van der Waals surface area contributed by atoms with Crippen molar-refractivity contribution in [1.29, 1.82) is 5.26 Å². The van der Waals surface area contributed by atoms with Crippen molar-refractivity contribution < 1.29 is 22.7 Å². The summed E-state index contributed by atoms with van der Waals surface area (Å²) in [5.41, 5.74) is 1.83. The number of anilines is 3. The van der Waals surface area contributed by atoms with E-state index in [1.165, 1.54) is 12.4 Å². The van der Waals surface area contributed by atoms with Crippen LogP contribution in [0.1, 0.15) is 52.8 Å². The van der Waals surface area contributed by atoms with Crippen LogP contribution in [-0.4, -0.2) is 42.0 Å². The maximum atomic E-state index is 13.1. The Labute approximate surface area is 248 Å². The topological polar surface area (TPSA) is 144 Å². The lowest BCUT2D eigenvalue weighted by Crippen LogP contribution is -2.17. The zero-order chi connectivity index (χ0) is 30.8. The second-order valence-electron chi connectivity index (χ2n) is 10.1. The summed E-state index contributed by atoms with van der Waals surface area (Å²) in [7, 11) is 0. The number of halogens is 3. The van der Waals surface area contributed by atoms with E-state index >= 15 is 0 Å². The SMILES string of the molecule is Cc1ccc(NC(=O)c2ccc(C(F)(F)F)c(C#N)n2)cc1Nc1ncccc1-c1ncnc2c1ncn2C1CCCCO1. The molecule has 6 rings (SSSR count). The molecule has 1 amide bonds. The monoisotopic (exact) mass is 599 g/mol. The normalized spacial score (nSPS) is 15.1. The van der Waals surface area contributed by atoms with Crippen molar-refractivity contribution in [3.05, 3.63) is 83.8 Å². The van der Waals surface area contributed by atoms with Crippen molar-refractivity contribution in [2.75, 3.05) is 17.2 Å². The summed E-state index contributed by atoms with van der Waals surface area (Å²) in [4.78, 5) is 34.6.